The summed E-state index contributed by atoms with van der Waals surface area (Å²) in [6.07, 6.45) is 9.89. The SMILES string of the molecule is C=C(N)c1ccccc1.C=N\C=C/C=C(\C=C\C)c1cccc(-c2cccc(-c3cccc4sc5c6ccccc6c6ccccc6c5c34)c2)c1.Cc1ccccc1. The molecule has 0 amide bonds. The van der Waals surface area contributed by atoms with Gasteiger partial charge in [0, 0.05) is 37.5 Å². The van der Waals surface area contributed by atoms with E-state index < -0.39 is 0 Å². The molecule has 9 aromatic rings. The summed E-state index contributed by atoms with van der Waals surface area (Å²) in [6, 6.07) is 62.1. The molecule has 0 radical (unpaired) electrons. The van der Waals surface area contributed by atoms with Crippen LogP contribution in [0.25, 0.3) is 75.2 Å². The van der Waals surface area contributed by atoms with Crippen LogP contribution in [0.1, 0.15) is 23.6 Å². The number of allylic oxidation sites excluding steroid dienone is 5. The van der Waals surface area contributed by atoms with Crippen molar-refractivity contribution in [2.45, 2.75) is 13.8 Å². The van der Waals surface area contributed by atoms with E-state index >= 15 is 0 Å². The molecule has 0 aliphatic heterocycles. The van der Waals surface area contributed by atoms with Crippen LogP contribution in [-0.2, 0) is 0 Å². The predicted molar refractivity (Wildman–Crippen MR) is 258 cm³/mol. The van der Waals surface area contributed by atoms with Crippen molar-refractivity contribution in [2.24, 2.45) is 10.7 Å². The van der Waals surface area contributed by atoms with Gasteiger partial charge in [0.25, 0.3) is 0 Å². The van der Waals surface area contributed by atoms with Crippen molar-refractivity contribution in [3.8, 4) is 22.3 Å². The summed E-state index contributed by atoms with van der Waals surface area (Å²) in [5, 5.41) is 7.97. The number of nitrogens with zero attached hydrogens (tertiary/aromatic N) is 1. The fraction of sp³-hybridized carbons (Fsp3) is 0.0364. The average molecular weight is 767 g/mol. The molecule has 3 heteroatoms. The second-order valence-corrected chi connectivity index (χ2v) is 15.0. The molecule has 0 saturated carbocycles. The number of hydrogen-bond donors (Lipinski definition) is 1. The number of hydrogen-bond acceptors (Lipinski definition) is 3. The van der Waals surface area contributed by atoms with Crippen LogP contribution in [0.2, 0.25) is 0 Å². The maximum Gasteiger partial charge on any atom is 0.0440 e. The highest BCUT2D eigenvalue weighted by molar-refractivity contribution is 7.27. The van der Waals surface area contributed by atoms with Crippen molar-refractivity contribution in [3.63, 3.8) is 0 Å². The fourth-order valence-electron chi connectivity index (χ4n) is 7.25. The summed E-state index contributed by atoms with van der Waals surface area (Å²) in [6.45, 7) is 11.3. The summed E-state index contributed by atoms with van der Waals surface area (Å²) >= 11 is 1.90. The lowest BCUT2D eigenvalue weighted by Crippen LogP contribution is -1.91. The maximum atomic E-state index is 5.42. The van der Waals surface area contributed by atoms with Gasteiger partial charge in [-0.15, -0.1) is 11.3 Å². The minimum atomic E-state index is 0.621. The lowest BCUT2D eigenvalue weighted by molar-refractivity contribution is 1.48. The third-order valence-corrected chi connectivity index (χ3v) is 11.2. The summed E-state index contributed by atoms with van der Waals surface area (Å²) in [5.74, 6) is 0. The largest absolute Gasteiger partial charge is 0.399 e. The molecule has 2 N–H and O–H groups in total. The highest BCUT2D eigenvalue weighted by atomic mass is 32.1. The number of nitrogens with two attached hydrogens (primary N) is 1. The van der Waals surface area contributed by atoms with E-state index in [1.54, 1.807) is 6.20 Å². The Hall–Kier alpha value is -7.07. The van der Waals surface area contributed by atoms with Crippen molar-refractivity contribution < 1.29 is 0 Å². The Morgan fingerprint density at radius 2 is 1.16 bits per heavy atom. The molecule has 0 unspecified atom stereocenters. The first-order valence-corrected chi connectivity index (χ1v) is 20.2. The normalized spacial score (nSPS) is 11.4. The number of benzene rings is 8. The van der Waals surface area contributed by atoms with Gasteiger partial charge in [0.05, 0.1) is 0 Å². The molecule has 0 saturated heterocycles. The summed E-state index contributed by atoms with van der Waals surface area (Å²) in [5.41, 5.74) is 15.5. The molecule has 1 heterocycles. The maximum absolute atomic E-state index is 5.42. The third-order valence-electron chi connectivity index (χ3n) is 9.97. The van der Waals surface area contributed by atoms with Crippen LogP contribution in [0.15, 0.2) is 218 Å². The molecule has 0 aliphatic rings. The van der Waals surface area contributed by atoms with E-state index in [0.29, 0.717) is 5.70 Å². The van der Waals surface area contributed by atoms with Crippen molar-refractivity contribution in [1.29, 1.82) is 0 Å². The minimum Gasteiger partial charge on any atom is -0.399 e. The number of aryl methyl sites for hydroxylation is 1. The van der Waals surface area contributed by atoms with Crippen molar-refractivity contribution in [2.75, 3.05) is 0 Å². The molecular formula is C55H46N2S. The third kappa shape index (κ3) is 8.81. The molecule has 58 heavy (non-hydrogen) atoms. The van der Waals surface area contributed by atoms with Gasteiger partial charge < -0.3 is 5.73 Å². The predicted octanol–water partition coefficient (Wildman–Crippen LogP) is 15.5. The van der Waals surface area contributed by atoms with Gasteiger partial charge in [0.2, 0.25) is 0 Å². The first-order chi connectivity index (χ1) is 28.5. The zero-order chi connectivity index (χ0) is 40.3. The second kappa shape index (κ2) is 18.7. The van der Waals surface area contributed by atoms with Gasteiger partial charge in [-0.05, 0) is 100.0 Å². The van der Waals surface area contributed by atoms with E-state index in [4.69, 9.17) is 5.73 Å². The molecule has 0 aliphatic carbocycles. The Morgan fingerprint density at radius 3 is 1.79 bits per heavy atom. The standard InChI is InChI=1S/C40H29NS.C8H9N.C7H8/c1-3-12-27(17-11-24-41-2)28-13-8-14-29(25-28)30-15-9-16-31(26-30)32-22-10-23-37-38(32)39-35-20-6-4-18-33(35)34-19-5-7-21-36(34)40(39)42-37;1-7(9)8-5-3-2-4-6-8;1-7-5-3-2-4-6-7/h3-26H,2H2,1H3;2-6H,1,9H2;2-6H,1H3/b12-3+,24-11-,27-17+;;. The topological polar surface area (TPSA) is 38.4 Å². The quantitative estimate of drug-likeness (QED) is 0.0979. The first-order valence-electron chi connectivity index (χ1n) is 19.4. The highest BCUT2D eigenvalue weighted by Crippen LogP contribution is 2.47. The van der Waals surface area contributed by atoms with Gasteiger partial charge in [-0.1, -0.05) is 188 Å². The van der Waals surface area contributed by atoms with Gasteiger partial charge in [0.1, 0.15) is 0 Å². The highest BCUT2D eigenvalue weighted by Gasteiger charge is 2.17. The van der Waals surface area contributed by atoms with Gasteiger partial charge in [-0.3, -0.25) is 4.99 Å². The molecule has 9 rings (SSSR count). The molecule has 8 aromatic carbocycles. The van der Waals surface area contributed by atoms with E-state index in [1.165, 1.54) is 69.5 Å². The van der Waals surface area contributed by atoms with Crippen LogP contribution < -0.4 is 5.73 Å². The molecule has 0 spiro atoms. The molecule has 0 atom stereocenters. The minimum absolute atomic E-state index is 0.621. The molecule has 0 bridgehead atoms. The van der Waals surface area contributed by atoms with Gasteiger partial charge in [-0.2, -0.15) is 0 Å². The Labute approximate surface area is 346 Å². The summed E-state index contributed by atoms with van der Waals surface area (Å²) in [4.78, 5) is 3.83. The Bertz CT molecular complexity index is 2950. The van der Waals surface area contributed by atoms with Crippen LogP contribution in [0.3, 0.4) is 0 Å². The monoisotopic (exact) mass is 766 g/mol. The fourth-order valence-corrected chi connectivity index (χ4v) is 8.54. The van der Waals surface area contributed by atoms with E-state index in [2.05, 4.69) is 171 Å². The van der Waals surface area contributed by atoms with Crippen LogP contribution >= 0.6 is 11.3 Å². The lowest BCUT2D eigenvalue weighted by atomic mass is 9.92. The smallest absolute Gasteiger partial charge is 0.0440 e. The second-order valence-electron chi connectivity index (χ2n) is 13.9. The van der Waals surface area contributed by atoms with Crippen molar-refractivity contribution in [1.82, 2.24) is 0 Å². The summed E-state index contributed by atoms with van der Waals surface area (Å²) < 4.78 is 2.68. The number of fused-ring (bicyclic) bond motifs is 8. The number of thiophene rings is 1. The number of rotatable bonds is 7. The van der Waals surface area contributed by atoms with E-state index in [9.17, 15) is 0 Å². The van der Waals surface area contributed by atoms with Gasteiger partial charge in [-0.25, -0.2) is 0 Å². The van der Waals surface area contributed by atoms with Crippen LogP contribution in [-0.4, -0.2) is 6.72 Å². The molecule has 282 valence electrons. The van der Waals surface area contributed by atoms with E-state index in [-0.39, 0.29) is 0 Å². The zero-order valence-corrected chi connectivity index (χ0v) is 33.8. The van der Waals surface area contributed by atoms with E-state index in [1.807, 2.05) is 72.9 Å². The molecular weight excluding hydrogens is 721 g/mol. The lowest BCUT2D eigenvalue weighted by Gasteiger charge is -2.11. The van der Waals surface area contributed by atoms with Crippen molar-refractivity contribution >= 4 is 71.0 Å². The molecule has 2 nitrogen and oxygen atoms in total. The van der Waals surface area contributed by atoms with Gasteiger partial charge in [0.15, 0.2) is 0 Å². The van der Waals surface area contributed by atoms with Crippen LogP contribution in [0.5, 0.6) is 0 Å². The van der Waals surface area contributed by atoms with E-state index in [0.717, 1.165) is 16.7 Å². The Morgan fingerprint density at radius 1 is 0.586 bits per heavy atom. The summed E-state index contributed by atoms with van der Waals surface area (Å²) in [7, 11) is 0. The van der Waals surface area contributed by atoms with Gasteiger partial charge >= 0.3 is 0 Å². The first kappa shape index (κ1) is 39.2. The van der Waals surface area contributed by atoms with Crippen LogP contribution in [0.4, 0.5) is 0 Å². The number of aliphatic imine (C=N–C) groups is 1. The Kier molecular flexibility index (Phi) is 12.6. The Balaban J connectivity index is 0.000000266. The molecule has 1 aromatic heterocycles. The van der Waals surface area contributed by atoms with Crippen LogP contribution in [0, 0.1) is 6.92 Å². The van der Waals surface area contributed by atoms with Crippen molar-refractivity contribution in [3.05, 3.63) is 230 Å². The zero-order valence-electron chi connectivity index (χ0n) is 33.0. The molecule has 0 fully saturated rings. The average Bonchev–Trinajstić information content (AvgIpc) is 3.68.